The number of hydrogen-bond donors (Lipinski definition) is 2. The van der Waals surface area contributed by atoms with Crippen molar-refractivity contribution in [2.75, 3.05) is 18.1 Å². The molecule has 0 spiro atoms. The van der Waals surface area contributed by atoms with Crippen molar-refractivity contribution < 1.29 is 9.90 Å². The molecule has 1 aliphatic rings. The second-order valence-corrected chi connectivity index (χ2v) is 5.13. The zero-order chi connectivity index (χ0) is 8.10. The Kier molecular flexibility index (Phi) is 3.93. The first-order chi connectivity index (χ1) is 5.29. The molecule has 2 N–H and O–H groups in total. The molecule has 0 saturated carbocycles. The van der Waals surface area contributed by atoms with Crippen molar-refractivity contribution in [2.45, 2.75) is 11.0 Å². The summed E-state index contributed by atoms with van der Waals surface area (Å²) < 4.78 is 0.430. The van der Waals surface area contributed by atoms with Crippen molar-refractivity contribution in [3.05, 3.63) is 0 Å². The fourth-order valence-electron chi connectivity index (χ4n) is 0.825. The first-order valence-electron chi connectivity index (χ1n) is 3.49. The third-order valence-electron chi connectivity index (χ3n) is 1.32. The highest BCUT2D eigenvalue weighted by atomic mass is 32.2. The molecule has 1 aliphatic heterocycles. The van der Waals surface area contributed by atoms with Crippen LogP contribution in [-0.4, -0.2) is 33.8 Å². The van der Waals surface area contributed by atoms with Crippen molar-refractivity contribution >= 4 is 29.6 Å². The highest BCUT2D eigenvalue weighted by Crippen LogP contribution is 2.29. The highest BCUT2D eigenvalue weighted by molar-refractivity contribution is 8.17. The average molecular weight is 193 g/mol. The molecule has 0 bridgehead atoms. The van der Waals surface area contributed by atoms with Gasteiger partial charge in [0.15, 0.2) is 0 Å². The third kappa shape index (κ3) is 3.76. The van der Waals surface area contributed by atoms with E-state index in [9.17, 15) is 4.79 Å². The normalized spacial score (nSPS) is 19.6. The van der Waals surface area contributed by atoms with E-state index < -0.39 is 6.09 Å². The summed E-state index contributed by atoms with van der Waals surface area (Å²) in [6.07, 6.45) is 0.329. The summed E-state index contributed by atoms with van der Waals surface area (Å²) >= 11 is 3.68. The Bertz CT molecular complexity index is 137. The molecule has 1 rings (SSSR count). The molecule has 0 aromatic carbocycles. The van der Waals surface area contributed by atoms with Crippen LogP contribution in [0.5, 0.6) is 0 Å². The minimum absolute atomic E-state index is 0.430. The Balaban J connectivity index is 2.09. The largest absolute Gasteiger partial charge is 0.465 e. The van der Waals surface area contributed by atoms with Crippen LogP contribution in [0.2, 0.25) is 0 Å². The first-order valence-corrected chi connectivity index (χ1v) is 5.59. The predicted molar refractivity (Wildman–Crippen MR) is 49.3 cm³/mol. The van der Waals surface area contributed by atoms with Gasteiger partial charge in [0.2, 0.25) is 0 Å². The van der Waals surface area contributed by atoms with Crippen molar-refractivity contribution in [1.29, 1.82) is 0 Å². The standard InChI is InChI=1S/C6H11NO2S2/c8-6(9)7-4-5-10-2-1-3-11-5/h5,7H,1-4H2,(H,8,9). The molecule has 0 aromatic rings. The lowest BCUT2D eigenvalue weighted by Gasteiger charge is -2.20. The second kappa shape index (κ2) is 4.77. The summed E-state index contributed by atoms with van der Waals surface area (Å²) in [7, 11) is 0. The van der Waals surface area contributed by atoms with Crippen LogP contribution in [0.4, 0.5) is 4.79 Å². The lowest BCUT2D eigenvalue weighted by Crippen LogP contribution is -2.29. The zero-order valence-corrected chi connectivity index (χ0v) is 7.71. The molecule has 5 heteroatoms. The van der Waals surface area contributed by atoms with Crippen LogP contribution in [0.3, 0.4) is 0 Å². The van der Waals surface area contributed by atoms with Crippen LogP contribution in [0, 0.1) is 0 Å². The van der Waals surface area contributed by atoms with Crippen LogP contribution in [0.1, 0.15) is 6.42 Å². The number of rotatable bonds is 2. The quantitative estimate of drug-likeness (QED) is 0.697. The summed E-state index contributed by atoms with van der Waals surface area (Å²) in [6.45, 7) is 0.574. The molecule has 0 aromatic heterocycles. The maximum absolute atomic E-state index is 10.1. The lowest BCUT2D eigenvalue weighted by molar-refractivity contribution is 0.195. The van der Waals surface area contributed by atoms with Crippen LogP contribution in [0.15, 0.2) is 0 Å². The Morgan fingerprint density at radius 3 is 2.73 bits per heavy atom. The molecule has 3 nitrogen and oxygen atoms in total. The van der Waals surface area contributed by atoms with E-state index in [1.54, 1.807) is 0 Å². The second-order valence-electron chi connectivity index (χ2n) is 2.21. The van der Waals surface area contributed by atoms with Crippen molar-refractivity contribution in [3.8, 4) is 0 Å². The molecule has 0 aliphatic carbocycles. The van der Waals surface area contributed by atoms with Gasteiger partial charge in [0.1, 0.15) is 0 Å². The highest BCUT2D eigenvalue weighted by Gasteiger charge is 2.14. The Labute approximate surface area is 74.3 Å². The molecular formula is C6H11NO2S2. The van der Waals surface area contributed by atoms with Crippen LogP contribution >= 0.6 is 23.5 Å². The number of amides is 1. The Morgan fingerprint density at radius 1 is 1.55 bits per heavy atom. The van der Waals surface area contributed by atoms with Crippen LogP contribution in [0.25, 0.3) is 0 Å². The van der Waals surface area contributed by atoms with E-state index in [0.29, 0.717) is 11.1 Å². The fourth-order valence-corrected chi connectivity index (χ4v) is 3.52. The smallest absolute Gasteiger partial charge is 0.404 e. The van der Waals surface area contributed by atoms with Crippen LogP contribution in [-0.2, 0) is 0 Å². The van der Waals surface area contributed by atoms with E-state index in [1.165, 1.54) is 17.9 Å². The van der Waals surface area contributed by atoms with Gasteiger partial charge in [-0.15, -0.1) is 23.5 Å². The third-order valence-corrected chi connectivity index (χ3v) is 4.26. The molecule has 1 fully saturated rings. The molecule has 64 valence electrons. The Hall–Kier alpha value is -0.0300. The summed E-state index contributed by atoms with van der Waals surface area (Å²) in [6, 6.07) is 0. The lowest BCUT2D eigenvalue weighted by atomic mass is 10.6. The predicted octanol–water partition coefficient (Wildman–Crippen LogP) is 1.45. The minimum atomic E-state index is -0.920. The van der Waals surface area contributed by atoms with Gasteiger partial charge in [0, 0.05) is 6.54 Å². The monoisotopic (exact) mass is 193 g/mol. The van der Waals surface area contributed by atoms with Crippen LogP contribution < -0.4 is 5.32 Å². The van der Waals surface area contributed by atoms with Gasteiger partial charge in [-0.25, -0.2) is 4.79 Å². The van der Waals surface area contributed by atoms with Crippen molar-refractivity contribution in [3.63, 3.8) is 0 Å². The average Bonchev–Trinajstić information content (AvgIpc) is 2.03. The fraction of sp³-hybridized carbons (Fsp3) is 0.833. The molecule has 0 unspecified atom stereocenters. The van der Waals surface area contributed by atoms with Gasteiger partial charge in [-0.2, -0.15) is 0 Å². The van der Waals surface area contributed by atoms with E-state index in [0.717, 1.165) is 0 Å². The number of thioether (sulfide) groups is 2. The van der Waals surface area contributed by atoms with Gasteiger partial charge >= 0.3 is 6.09 Å². The summed E-state index contributed by atoms with van der Waals surface area (Å²) in [5, 5.41) is 10.7. The maximum atomic E-state index is 10.1. The SMILES string of the molecule is O=C(O)NCC1SCCCS1. The van der Waals surface area contributed by atoms with E-state index in [4.69, 9.17) is 5.11 Å². The number of carbonyl (C=O) groups is 1. The summed E-state index contributed by atoms with van der Waals surface area (Å²) in [4.78, 5) is 10.1. The summed E-state index contributed by atoms with van der Waals surface area (Å²) in [5.41, 5.74) is 0. The number of nitrogens with one attached hydrogen (secondary N) is 1. The van der Waals surface area contributed by atoms with Gasteiger partial charge in [-0.1, -0.05) is 0 Å². The molecular weight excluding hydrogens is 182 g/mol. The first kappa shape index (κ1) is 9.06. The van der Waals surface area contributed by atoms with Gasteiger partial charge in [-0.05, 0) is 17.9 Å². The van der Waals surface area contributed by atoms with Gasteiger partial charge < -0.3 is 10.4 Å². The molecule has 0 radical (unpaired) electrons. The van der Waals surface area contributed by atoms with E-state index in [1.807, 2.05) is 23.5 Å². The van der Waals surface area contributed by atoms with Crippen molar-refractivity contribution in [1.82, 2.24) is 5.32 Å². The Morgan fingerprint density at radius 2 is 2.18 bits per heavy atom. The molecule has 0 atom stereocenters. The summed E-state index contributed by atoms with van der Waals surface area (Å²) in [5.74, 6) is 2.33. The maximum Gasteiger partial charge on any atom is 0.404 e. The molecule has 11 heavy (non-hydrogen) atoms. The van der Waals surface area contributed by atoms with E-state index in [2.05, 4.69) is 5.32 Å². The number of hydrogen-bond acceptors (Lipinski definition) is 3. The van der Waals surface area contributed by atoms with Crippen molar-refractivity contribution in [2.24, 2.45) is 0 Å². The number of carboxylic acid groups (broad SMARTS) is 1. The molecule has 1 saturated heterocycles. The van der Waals surface area contributed by atoms with Gasteiger partial charge in [0.25, 0.3) is 0 Å². The zero-order valence-electron chi connectivity index (χ0n) is 6.08. The van der Waals surface area contributed by atoms with E-state index in [-0.39, 0.29) is 0 Å². The van der Waals surface area contributed by atoms with Gasteiger partial charge in [-0.3, -0.25) is 0 Å². The molecule has 1 heterocycles. The topological polar surface area (TPSA) is 49.3 Å². The van der Waals surface area contributed by atoms with Gasteiger partial charge in [0.05, 0.1) is 4.58 Å². The van der Waals surface area contributed by atoms with E-state index >= 15 is 0 Å². The minimum Gasteiger partial charge on any atom is -0.465 e. The molecule has 1 amide bonds.